The molecule has 6 nitrogen and oxygen atoms in total. The van der Waals surface area contributed by atoms with Crippen molar-refractivity contribution in [3.05, 3.63) is 70.8 Å². The summed E-state index contributed by atoms with van der Waals surface area (Å²) in [5.74, 6) is 0. The molecular formula is C20H18N4O2. The van der Waals surface area contributed by atoms with Crippen molar-refractivity contribution in [1.29, 1.82) is 0 Å². The Morgan fingerprint density at radius 2 is 1.69 bits per heavy atom. The molecule has 130 valence electrons. The van der Waals surface area contributed by atoms with Gasteiger partial charge in [-0.2, -0.15) is 0 Å². The quantitative estimate of drug-likeness (QED) is 0.619. The Bertz CT molecular complexity index is 1170. The lowest BCUT2D eigenvalue weighted by Crippen LogP contribution is -2.17. The minimum atomic E-state index is -0.128. The fourth-order valence-electron chi connectivity index (χ4n) is 3.30. The van der Waals surface area contributed by atoms with Crippen LogP contribution in [-0.2, 0) is 20.7 Å². The summed E-state index contributed by atoms with van der Waals surface area (Å²) < 4.78 is 3.39. The molecule has 0 unspecified atom stereocenters. The Morgan fingerprint density at radius 1 is 0.962 bits per heavy atom. The van der Waals surface area contributed by atoms with Gasteiger partial charge in [-0.25, -0.2) is 0 Å². The molecule has 0 atom stereocenters. The predicted molar refractivity (Wildman–Crippen MR) is 101 cm³/mol. The normalized spacial score (nSPS) is 11.2. The molecule has 0 fully saturated rings. The van der Waals surface area contributed by atoms with E-state index in [0.717, 1.165) is 33.4 Å². The number of hydrogen-bond acceptors (Lipinski definition) is 4. The van der Waals surface area contributed by atoms with Gasteiger partial charge in [-0.15, -0.1) is 0 Å². The zero-order valence-electron chi connectivity index (χ0n) is 14.5. The molecule has 2 aromatic carbocycles. The number of benzene rings is 2. The van der Waals surface area contributed by atoms with E-state index in [1.807, 2.05) is 54.2 Å². The SMILES string of the molecule is Cn1c(-c2ccc3nccnc3c2)c(-c2ccccc2CO)c(=O)n1C. The van der Waals surface area contributed by atoms with E-state index in [1.165, 1.54) is 0 Å². The van der Waals surface area contributed by atoms with Crippen molar-refractivity contribution in [2.45, 2.75) is 6.61 Å². The summed E-state index contributed by atoms with van der Waals surface area (Å²) in [6, 6.07) is 13.2. The van der Waals surface area contributed by atoms with Gasteiger partial charge in [0.1, 0.15) is 0 Å². The van der Waals surface area contributed by atoms with Crippen molar-refractivity contribution in [3.63, 3.8) is 0 Å². The van der Waals surface area contributed by atoms with Crippen LogP contribution >= 0.6 is 0 Å². The lowest BCUT2D eigenvalue weighted by molar-refractivity contribution is 0.282. The minimum absolute atomic E-state index is 0.109. The molecule has 0 amide bonds. The van der Waals surface area contributed by atoms with Gasteiger partial charge < -0.3 is 5.11 Å². The molecule has 26 heavy (non-hydrogen) atoms. The van der Waals surface area contributed by atoms with Gasteiger partial charge >= 0.3 is 0 Å². The van der Waals surface area contributed by atoms with Crippen LogP contribution in [0.25, 0.3) is 33.4 Å². The van der Waals surface area contributed by atoms with Crippen LogP contribution in [0.15, 0.2) is 59.7 Å². The third-order valence-electron chi connectivity index (χ3n) is 4.72. The first-order chi connectivity index (χ1) is 12.6. The van der Waals surface area contributed by atoms with Crippen LogP contribution in [0.1, 0.15) is 5.56 Å². The fraction of sp³-hybridized carbons (Fsp3) is 0.150. The molecule has 0 bridgehead atoms. The van der Waals surface area contributed by atoms with Crippen molar-refractivity contribution >= 4 is 11.0 Å². The van der Waals surface area contributed by atoms with E-state index in [2.05, 4.69) is 9.97 Å². The van der Waals surface area contributed by atoms with Crippen LogP contribution in [0, 0.1) is 0 Å². The van der Waals surface area contributed by atoms with E-state index < -0.39 is 0 Å². The van der Waals surface area contributed by atoms with Crippen molar-refractivity contribution in [2.75, 3.05) is 0 Å². The van der Waals surface area contributed by atoms with Crippen LogP contribution in [-0.4, -0.2) is 24.4 Å². The van der Waals surface area contributed by atoms with Gasteiger partial charge in [0.05, 0.1) is 28.9 Å². The van der Waals surface area contributed by atoms with Crippen LogP contribution < -0.4 is 5.56 Å². The summed E-state index contributed by atoms with van der Waals surface area (Å²) in [6.45, 7) is -0.128. The highest BCUT2D eigenvalue weighted by molar-refractivity contribution is 5.87. The van der Waals surface area contributed by atoms with Gasteiger partial charge in [-0.3, -0.25) is 24.1 Å². The highest BCUT2D eigenvalue weighted by atomic mass is 16.3. The Hall–Kier alpha value is -3.25. The average molecular weight is 346 g/mol. The van der Waals surface area contributed by atoms with Gasteiger partial charge in [0, 0.05) is 32.1 Å². The van der Waals surface area contributed by atoms with Gasteiger partial charge in [-0.1, -0.05) is 30.3 Å². The summed E-state index contributed by atoms with van der Waals surface area (Å²) in [4.78, 5) is 21.6. The molecule has 0 aliphatic rings. The fourth-order valence-corrected chi connectivity index (χ4v) is 3.30. The van der Waals surface area contributed by atoms with Crippen LogP contribution in [0.5, 0.6) is 0 Å². The summed E-state index contributed by atoms with van der Waals surface area (Å²) in [7, 11) is 3.58. The second kappa shape index (κ2) is 6.24. The molecule has 0 saturated heterocycles. The summed E-state index contributed by atoms with van der Waals surface area (Å²) in [5.41, 5.74) is 5.15. The maximum atomic E-state index is 12.9. The zero-order chi connectivity index (χ0) is 18.3. The zero-order valence-corrected chi connectivity index (χ0v) is 14.5. The molecule has 0 aliphatic heterocycles. The third-order valence-corrected chi connectivity index (χ3v) is 4.72. The topological polar surface area (TPSA) is 72.9 Å². The monoisotopic (exact) mass is 346 g/mol. The van der Waals surface area contributed by atoms with E-state index >= 15 is 0 Å². The number of aliphatic hydroxyl groups excluding tert-OH is 1. The van der Waals surface area contributed by atoms with E-state index in [-0.39, 0.29) is 12.2 Å². The highest BCUT2D eigenvalue weighted by Crippen LogP contribution is 2.32. The largest absolute Gasteiger partial charge is 0.392 e. The second-order valence-electron chi connectivity index (χ2n) is 6.15. The number of rotatable bonds is 3. The molecule has 4 rings (SSSR count). The van der Waals surface area contributed by atoms with E-state index in [4.69, 9.17) is 0 Å². The number of fused-ring (bicyclic) bond motifs is 1. The molecule has 4 aromatic rings. The highest BCUT2D eigenvalue weighted by Gasteiger charge is 2.21. The second-order valence-corrected chi connectivity index (χ2v) is 6.15. The first-order valence-corrected chi connectivity index (χ1v) is 8.28. The van der Waals surface area contributed by atoms with E-state index in [1.54, 1.807) is 24.1 Å². The minimum Gasteiger partial charge on any atom is -0.392 e. The van der Waals surface area contributed by atoms with Crippen molar-refractivity contribution in [3.8, 4) is 22.4 Å². The molecule has 2 aromatic heterocycles. The Balaban J connectivity index is 2.05. The molecule has 0 radical (unpaired) electrons. The number of aromatic nitrogens is 4. The first kappa shape index (κ1) is 16.2. The molecule has 0 saturated carbocycles. The predicted octanol–water partition coefficient (Wildman–Crippen LogP) is 2.49. The maximum Gasteiger partial charge on any atom is 0.274 e. The van der Waals surface area contributed by atoms with Gasteiger partial charge in [-0.05, 0) is 23.3 Å². The molecule has 2 heterocycles. The molecular weight excluding hydrogens is 328 g/mol. The number of nitrogens with zero attached hydrogens (tertiary/aromatic N) is 4. The van der Waals surface area contributed by atoms with Crippen LogP contribution in [0.4, 0.5) is 0 Å². The van der Waals surface area contributed by atoms with Crippen LogP contribution in [0.2, 0.25) is 0 Å². The number of hydrogen-bond donors (Lipinski definition) is 1. The van der Waals surface area contributed by atoms with Crippen molar-refractivity contribution < 1.29 is 5.11 Å². The van der Waals surface area contributed by atoms with Crippen LogP contribution in [0.3, 0.4) is 0 Å². The third kappa shape index (κ3) is 2.43. The maximum absolute atomic E-state index is 12.9. The van der Waals surface area contributed by atoms with Crippen molar-refractivity contribution in [2.24, 2.45) is 14.1 Å². The van der Waals surface area contributed by atoms with Crippen molar-refractivity contribution in [1.82, 2.24) is 19.3 Å². The van der Waals surface area contributed by atoms with Gasteiger partial charge in [0.25, 0.3) is 5.56 Å². The molecule has 0 aliphatic carbocycles. The van der Waals surface area contributed by atoms with E-state index in [0.29, 0.717) is 5.56 Å². The average Bonchev–Trinajstić information content (AvgIpc) is 2.91. The summed E-state index contributed by atoms with van der Waals surface area (Å²) in [5, 5.41) is 9.72. The van der Waals surface area contributed by atoms with Gasteiger partial charge in [0.15, 0.2) is 0 Å². The Labute approximate surface area is 150 Å². The first-order valence-electron chi connectivity index (χ1n) is 8.28. The summed E-state index contributed by atoms with van der Waals surface area (Å²) >= 11 is 0. The Kier molecular flexibility index (Phi) is 3.89. The smallest absolute Gasteiger partial charge is 0.274 e. The van der Waals surface area contributed by atoms with E-state index in [9.17, 15) is 9.90 Å². The lowest BCUT2D eigenvalue weighted by Gasteiger charge is -2.10. The molecule has 6 heteroatoms. The summed E-state index contributed by atoms with van der Waals surface area (Å²) in [6.07, 6.45) is 3.31. The standard InChI is InChI=1S/C20H18N4O2/c1-23-19(13-7-8-16-17(11-13)22-10-9-21-16)18(20(26)24(23)2)15-6-4-3-5-14(15)12-25/h3-11,25H,12H2,1-2H3. The molecule has 1 N–H and O–H groups in total. The Morgan fingerprint density at radius 3 is 2.46 bits per heavy atom. The lowest BCUT2D eigenvalue weighted by atomic mass is 9.97. The molecule has 0 spiro atoms. The number of aliphatic hydroxyl groups is 1. The van der Waals surface area contributed by atoms with Gasteiger partial charge in [0.2, 0.25) is 0 Å².